The van der Waals surface area contributed by atoms with Crippen LogP contribution in [0.3, 0.4) is 0 Å². The van der Waals surface area contributed by atoms with Crippen molar-refractivity contribution in [1.82, 2.24) is 15.1 Å². The van der Waals surface area contributed by atoms with Crippen molar-refractivity contribution in [3.8, 4) is 0 Å². The normalized spacial score (nSPS) is 22.7. The summed E-state index contributed by atoms with van der Waals surface area (Å²) >= 11 is 0. The zero-order valence-corrected chi connectivity index (χ0v) is 14.3. The molecule has 1 aromatic rings. The zero-order valence-electron chi connectivity index (χ0n) is 14.3. The quantitative estimate of drug-likeness (QED) is 0.899. The topological polar surface area (TPSA) is 18.5 Å². The molecule has 2 rings (SSSR count). The minimum Gasteiger partial charge on any atom is -0.312 e. The van der Waals surface area contributed by atoms with Crippen LogP contribution in [0, 0.1) is 0 Å². The second-order valence-corrected chi connectivity index (χ2v) is 6.75. The standard InChI is InChI=1S/C18H31N3/c1-14(2)16-6-8-17(9-7-16)18(19-4)13-21-11-10-20(5)15(3)12-21/h6-9,14-15,18-19H,10-13H2,1-5H3. The van der Waals surface area contributed by atoms with E-state index in [1.165, 1.54) is 30.8 Å². The van der Waals surface area contributed by atoms with Gasteiger partial charge in [-0.05, 0) is 38.1 Å². The molecule has 3 heteroatoms. The molecule has 1 heterocycles. The first kappa shape index (κ1) is 16.5. The molecule has 1 aromatic carbocycles. The van der Waals surface area contributed by atoms with Gasteiger partial charge in [0.2, 0.25) is 0 Å². The molecule has 1 aliphatic heterocycles. The lowest BCUT2D eigenvalue weighted by Crippen LogP contribution is -2.51. The number of hydrogen-bond acceptors (Lipinski definition) is 3. The molecule has 2 atom stereocenters. The smallest absolute Gasteiger partial charge is 0.0446 e. The van der Waals surface area contributed by atoms with Gasteiger partial charge in [-0.1, -0.05) is 38.1 Å². The van der Waals surface area contributed by atoms with Crippen LogP contribution in [0.5, 0.6) is 0 Å². The van der Waals surface area contributed by atoms with E-state index in [0.29, 0.717) is 18.0 Å². The molecule has 3 nitrogen and oxygen atoms in total. The summed E-state index contributed by atoms with van der Waals surface area (Å²) in [6.45, 7) is 11.4. The van der Waals surface area contributed by atoms with Crippen LogP contribution in [0.2, 0.25) is 0 Å². The maximum absolute atomic E-state index is 3.49. The van der Waals surface area contributed by atoms with Crippen LogP contribution in [0.1, 0.15) is 43.9 Å². The van der Waals surface area contributed by atoms with Crippen LogP contribution in [0.4, 0.5) is 0 Å². The summed E-state index contributed by atoms with van der Waals surface area (Å²) in [5, 5.41) is 3.49. The van der Waals surface area contributed by atoms with E-state index in [1.54, 1.807) is 0 Å². The zero-order chi connectivity index (χ0) is 15.4. The van der Waals surface area contributed by atoms with Crippen molar-refractivity contribution in [1.29, 1.82) is 0 Å². The lowest BCUT2D eigenvalue weighted by Gasteiger charge is -2.39. The van der Waals surface area contributed by atoms with Gasteiger partial charge in [0, 0.05) is 38.3 Å². The van der Waals surface area contributed by atoms with Crippen LogP contribution < -0.4 is 5.32 Å². The number of benzene rings is 1. The summed E-state index contributed by atoms with van der Waals surface area (Å²) in [6.07, 6.45) is 0. The summed E-state index contributed by atoms with van der Waals surface area (Å²) < 4.78 is 0. The van der Waals surface area contributed by atoms with Crippen molar-refractivity contribution >= 4 is 0 Å². The first-order chi connectivity index (χ1) is 10.0. The summed E-state index contributed by atoms with van der Waals surface area (Å²) in [5.74, 6) is 0.602. The third kappa shape index (κ3) is 4.29. The Bertz CT molecular complexity index is 427. The Labute approximate surface area is 130 Å². The number of nitrogens with one attached hydrogen (secondary N) is 1. The van der Waals surface area contributed by atoms with E-state index in [-0.39, 0.29) is 0 Å². The maximum Gasteiger partial charge on any atom is 0.0446 e. The van der Waals surface area contributed by atoms with E-state index in [9.17, 15) is 0 Å². The van der Waals surface area contributed by atoms with E-state index in [4.69, 9.17) is 0 Å². The second kappa shape index (κ2) is 7.39. The van der Waals surface area contributed by atoms with Gasteiger partial charge in [-0.3, -0.25) is 4.90 Å². The highest BCUT2D eigenvalue weighted by Crippen LogP contribution is 2.20. The largest absolute Gasteiger partial charge is 0.312 e. The molecule has 0 radical (unpaired) electrons. The Morgan fingerprint density at radius 3 is 2.29 bits per heavy atom. The Morgan fingerprint density at radius 1 is 1.14 bits per heavy atom. The van der Waals surface area contributed by atoms with Gasteiger partial charge in [0.15, 0.2) is 0 Å². The fraction of sp³-hybridized carbons (Fsp3) is 0.667. The molecule has 0 amide bonds. The Morgan fingerprint density at radius 2 is 1.76 bits per heavy atom. The Kier molecular flexibility index (Phi) is 5.80. The highest BCUT2D eigenvalue weighted by atomic mass is 15.3. The van der Waals surface area contributed by atoms with Gasteiger partial charge in [0.25, 0.3) is 0 Å². The Hall–Kier alpha value is -0.900. The van der Waals surface area contributed by atoms with Crippen molar-refractivity contribution in [2.45, 2.75) is 38.8 Å². The molecule has 118 valence electrons. The summed E-state index contributed by atoms with van der Waals surface area (Å²) in [7, 11) is 4.29. The van der Waals surface area contributed by atoms with Crippen molar-refractivity contribution in [3.63, 3.8) is 0 Å². The van der Waals surface area contributed by atoms with Gasteiger partial charge in [0.1, 0.15) is 0 Å². The first-order valence-corrected chi connectivity index (χ1v) is 8.21. The lowest BCUT2D eigenvalue weighted by atomic mass is 9.98. The molecule has 0 bridgehead atoms. The fourth-order valence-corrected chi connectivity index (χ4v) is 3.02. The molecule has 2 unspecified atom stereocenters. The van der Waals surface area contributed by atoms with E-state index < -0.39 is 0 Å². The van der Waals surface area contributed by atoms with E-state index in [2.05, 4.69) is 74.2 Å². The third-order valence-electron chi connectivity index (χ3n) is 4.84. The van der Waals surface area contributed by atoms with Gasteiger partial charge in [0.05, 0.1) is 0 Å². The van der Waals surface area contributed by atoms with Crippen LogP contribution in [-0.4, -0.2) is 56.1 Å². The predicted octanol–water partition coefficient (Wildman–Crippen LogP) is 2.71. The van der Waals surface area contributed by atoms with Crippen LogP contribution >= 0.6 is 0 Å². The monoisotopic (exact) mass is 289 g/mol. The van der Waals surface area contributed by atoms with Crippen molar-refractivity contribution < 1.29 is 0 Å². The minimum atomic E-state index is 0.418. The van der Waals surface area contributed by atoms with Crippen LogP contribution in [-0.2, 0) is 0 Å². The van der Waals surface area contributed by atoms with E-state index in [0.717, 1.165) is 6.54 Å². The third-order valence-corrected chi connectivity index (χ3v) is 4.84. The number of hydrogen-bond donors (Lipinski definition) is 1. The molecular formula is C18H31N3. The molecular weight excluding hydrogens is 258 g/mol. The second-order valence-electron chi connectivity index (χ2n) is 6.75. The molecule has 1 aliphatic rings. The molecule has 21 heavy (non-hydrogen) atoms. The number of nitrogens with zero attached hydrogens (tertiary/aromatic N) is 2. The number of likely N-dealkylation sites (N-methyl/N-ethyl adjacent to an activating group) is 2. The molecule has 1 fully saturated rings. The van der Waals surface area contributed by atoms with Crippen molar-refractivity contribution in [2.24, 2.45) is 0 Å². The lowest BCUT2D eigenvalue weighted by molar-refractivity contribution is 0.0977. The van der Waals surface area contributed by atoms with Gasteiger partial charge < -0.3 is 10.2 Å². The van der Waals surface area contributed by atoms with Gasteiger partial charge in [-0.2, -0.15) is 0 Å². The first-order valence-electron chi connectivity index (χ1n) is 8.21. The summed E-state index contributed by atoms with van der Waals surface area (Å²) in [6, 6.07) is 10.2. The predicted molar refractivity (Wildman–Crippen MR) is 90.9 cm³/mol. The average molecular weight is 289 g/mol. The number of rotatable bonds is 5. The molecule has 0 aliphatic carbocycles. The van der Waals surface area contributed by atoms with Gasteiger partial charge in [-0.15, -0.1) is 0 Å². The minimum absolute atomic E-state index is 0.418. The highest BCUT2D eigenvalue weighted by molar-refractivity contribution is 5.27. The van der Waals surface area contributed by atoms with Gasteiger partial charge in [-0.25, -0.2) is 0 Å². The van der Waals surface area contributed by atoms with Crippen LogP contribution in [0.15, 0.2) is 24.3 Å². The van der Waals surface area contributed by atoms with Crippen molar-refractivity contribution in [3.05, 3.63) is 35.4 Å². The average Bonchev–Trinajstić information content (AvgIpc) is 2.48. The maximum atomic E-state index is 3.49. The fourth-order valence-electron chi connectivity index (χ4n) is 3.02. The van der Waals surface area contributed by atoms with Gasteiger partial charge >= 0.3 is 0 Å². The molecule has 0 spiro atoms. The summed E-state index contributed by atoms with van der Waals surface area (Å²) in [5.41, 5.74) is 2.82. The molecule has 1 N–H and O–H groups in total. The van der Waals surface area contributed by atoms with Crippen LogP contribution in [0.25, 0.3) is 0 Å². The van der Waals surface area contributed by atoms with E-state index >= 15 is 0 Å². The van der Waals surface area contributed by atoms with Crippen molar-refractivity contribution in [2.75, 3.05) is 40.3 Å². The van der Waals surface area contributed by atoms with E-state index in [1.807, 2.05) is 0 Å². The highest BCUT2D eigenvalue weighted by Gasteiger charge is 2.23. The number of piperazine rings is 1. The molecule has 0 saturated carbocycles. The molecule has 1 saturated heterocycles. The summed E-state index contributed by atoms with van der Waals surface area (Å²) in [4.78, 5) is 5.03. The Balaban J connectivity index is 1.99. The SMILES string of the molecule is CNC(CN1CCN(C)C(C)C1)c1ccc(C(C)C)cc1. The molecule has 0 aromatic heterocycles.